The van der Waals surface area contributed by atoms with E-state index < -0.39 is 17.5 Å². The maximum atomic E-state index is 17.7. The van der Waals surface area contributed by atoms with Crippen LogP contribution < -0.4 is 24.6 Å². The quantitative estimate of drug-likeness (QED) is 0.0782. The molecule has 1 N–H and O–H groups in total. The highest BCUT2D eigenvalue weighted by molar-refractivity contribution is 6.06. The Morgan fingerprint density at radius 2 is 1.62 bits per heavy atom. The number of anilines is 2. The fourth-order valence-corrected chi connectivity index (χ4v) is 14.7. The van der Waals surface area contributed by atoms with E-state index in [1.807, 2.05) is 62.1 Å². The van der Waals surface area contributed by atoms with Gasteiger partial charge in [0, 0.05) is 114 Å². The molecule has 13 rings (SSSR count). The standard InChI is InChI=1S/C63H77FN10O8/c1-6-40-8-7-9-41-27-46(81-38-79-5)28-48(52(40)41)54-53(64)55-49(29-65-54)56(72-32-44-10-11-45(33-72)74(44)60(78)82-61(2,3)4)68-59(67-55)80-37-63(20-21-63)36-70-34-62(35-70)18-16-39(17-19-62)30-69-22-24-71(25-23-69)43-12-13-47-42(26-43)31-73(58(47)77)50-14-15-51(75)66-57(50)76/h7-9,12-13,26-29,39,44-45,50H,6,10-11,14-25,30-38H2,1-5H3,(H,66,75,76)/t44?,45?,50-/m0/s1. The van der Waals surface area contributed by atoms with Crippen molar-refractivity contribution in [3.63, 3.8) is 0 Å². The summed E-state index contributed by atoms with van der Waals surface area (Å²) >= 11 is 0. The molecule has 2 aromatic heterocycles. The Morgan fingerprint density at radius 1 is 0.854 bits per heavy atom. The van der Waals surface area contributed by atoms with Gasteiger partial charge in [0.1, 0.15) is 34.4 Å². The van der Waals surface area contributed by atoms with Crippen LogP contribution in [0.1, 0.15) is 113 Å². The lowest BCUT2D eigenvalue weighted by Crippen LogP contribution is -2.59. The van der Waals surface area contributed by atoms with Crippen LogP contribution in [-0.2, 0) is 32.0 Å². The third-order valence-electron chi connectivity index (χ3n) is 19.1. The van der Waals surface area contributed by atoms with Crippen molar-refractivity contribution in [1.82, 2.24) is 39.9 Å². The zero-order chi connectivity index (χ0) is 56.7. The minimum atomic E-state index is -0.619. The number of aryl methyl sites for hydroxylation is 1. The number of carbonyl (C=O) groups excluding carboxylic acids is 4. The van der Waals surface area contributed by atoms with Gasteiger partial charge >= 0.3 is 12.1 Å². The summed E-state index contributed by atoms with van der Waals surface area (Å²) in [5.41, 5.74) is 4.43. The molecule has 2 saturated carbocycles. The van der Waals surface area contributed by atoms with E-state index in [1.165, 1.54) is 25.7 Å². The summed E-state index contributed by atoms with van der Waals surface area (Å²) in [5.74, 6) is 0.436. The van der Waals surface area contributed by atoms with Crippen molar-refractivity contribution < 1.29 is 42.5 Å². The van der Waals surface area contributed by atoms with E-state index >= 15 is 4.39 Å². The highest BCUT2D eigenvalue weighted by atomic mass is 19.1. The van der Waals surface area contributed by atoms with Crippen molar-refractivity contribution in [3.05, 3.63) is 77.2 Å². The number of hydrogen-bond acceptors (Lipinski definition) is 15. The highest BCUT2D eigenvalue weighted by Crippen LogP contribution is 2.52. The molecule has 0 radical (unpaired) electrons. The first-order valence-corrected chi connectivity index (χ1v) is 29.9. The van der Waals surface area contributed by atoms with E-state index in [-0.39, 0.29) is 71.7 Å². The molecule has 7 fully saturated rings. The molecule has 3 atom stereocenters. The smallest absolute Gasteiger partial charge is 0.410 e. The second kappa shape index (κ2) is 21.5. The molecule has 4 amide bonds. The predicted octanol–water partition coefficient (Wildman–Crippen LogP) is 8.35. The zero-order valence-corrected chi connectivity index (χ0v) is 48.1. The maximum absolute atomic E-state index is 17.7. The molecule has 3 aromatic carbocycles. The Balaban J connectivity index is 0.652. The molecular formula is C63H77FN10O8. The molecule has 82 heavy (non-hydrogen) atoms. The number of rotatable bonds is 15. The van der Waals surface area contributed by atoms with E-state index in [1.54, 1.807) is 18.2 Å². The zero-order valence-electron chi connectivity index (χ0n) is 48.1. The molecule has 8 heterocycles. The van der Waals surface area contributed by atoms with Crippen molar-refractivity contribution >= 4 is 57.0 Å². The third kappa shape index (κ3) is 10.6. The lowest BCUT2D eigenvalue weighted by Gasteiger charge is -2.55. The monoisotopic (exact) mass is 1120 g/mol. The molecule has 6 aliphatic heterocycles. The molecule has 1 spiro atoms. The van der Waals surface area contributed by atoms with Gasteiger partial charge in [0.25, 0.3) is 5.91 Å². The lowest BCUT2D eigenvalue weighted by molar-refractivity contribution is -0.136. The summed E-state index contributed by atoms with van der Waals surface area (Å²) in [6, 6.07) is 15.3. The van der Waals surface area contributed by atoms with Gasteiger partial charge < -0.3 is 38.5 Å². The van der Waals surface area contributed by atoms with E-state index in [0.717, 1.165) is 112 Å². The number of nitrogens with zero attached hydrogens (tertiary/aromatic N) is 9. The number of nitrogens with one attached hydrogen (secondary N) is 1. The number of piperidine rings is 1. The Kier molecular flexibility index (Phi) is 14.3. The number of imide groups is 1. The lowest BCUT2D eigenvalue weighted by atomic mass is 9.65. The molecule has 2 bridgehead atoms. The van der Waals surface area contributed by atoms with Gasteiger partial charge in [-0.15, -0.1) is 0 Å². The Bertz CT molecular complexity index is 3310. The van der Waals surface area contributed by atoms with Gasteiger partial charge in [-0.3, -0.25) is 34.5 Å². The molecule has 2 aliphatic carbocycles. The first-order valence-electron chi connectivity index (χ1n) is 29.9. The number of carbonyl (C=O) groups is 4. The number of hydrogen-bond donors (Lipinski definition) is 1. The first kappa shape index (κ1) is 54.5. The molecule has 8 aliphatic rings. The molecule has 2 unspecified atom stereocenters. The van der Waals surface area contributed by atoms with Gasteiger partial charge in [-0.25, -0.2) is 9.18 Å². The molecule has 18 nitrogen and oxygen atoms in total. The number of methoxy groups -OCH3 is 1. The van der Waals surface area contributed by atoms with Gasteiger partial charge in [-0.2, -0.15) is 9.97 Å². The number of halogens is 1. The van der Waals surface area contributed by atoms with Crippen molar-refractivity contribution in [1.29, 1.82) is 0 Å². The van der Waals surface area contributed by atoms with Gasteiger partial charge in [0.2, 0.25) is 11.8 Å². The van der Waals surface area contributed by atoms with Crippen LogP contribution in [0.5, 0.6) is 11.8 Å². The Morgan fingerprint density at radius 3 is 2.33 bits per heavy atom. The van der Waals surface area contributed by atoms with Gasteiger partial charge in [0.15, 0.2) is 12.6 Å². The molecule has 434 valence electrons. The number of piperazine rings is 2. The molecule has 19 heteroatoms. The summed E-state index contributed by atoms with van der Waals surface area (Å²) in [5, 5.41) is 4.70. The first-order chi connectivity index (χ1) is 39.5. The maximum Gasteiger partial charge on any atom is 0.410 e. The van der Waals surface area contributed by atoms with Crippen molar-refractivity contribution in [2.45, 2.75) is 129 Å². The average Bonchev–Trinajstić information content (AvgIpc) is 3.44. The number of benzene rings is 3. The fourth-order valence-electron chi connectivity index (χ4n) is 14.7. The number of aromatic nitrogens is 3. The highest BCUT2D eigenvalue weighted by Gasteiger charge is 2.52. The Labute approximate surface area is 478 Å². The van der Waals surface area contributed by atoms with Gasteiger partial charge in [0.05, 0.1) is 24.1 Å². The topological polar surface area (TPSA) is 175 Å². The largest absolute Gasteiger partial charge is 0.468 e. The molecule has 5 aromatic rings. The number of fused-ring (bicyclic) bond motifs is 5. The summed E-state index contributed by atoms with van der Waals surface area (Å²) in [4.78, 5) is 79.4. The summed E-state index contributed by atoms with van der Waals surface area (Å²) in [7, 11) is 1.57. The molecule has 5 saturated heterocycles. The summed E-state index contributed by atoms with van der Waals surface area (Å²) < 4.78 is 41.5. The van der Waals surface area contributed by atoms with E-state index in [0.29, 0.717) is 72.1 Å². The van der Waals surface area contributed by atoms with E-state index in [4.69, 9.17) is 33.9 Å². The van der Waals surface area contributed by atoms with Crippen LogP contribution in [0.3, 0.4) is 0 Å². The number of pyridine rings is 1. The summed E-state index contributed by atoms with van der Waals surface area (Å²) in [6.07, 6.45) is 11.5. The summed E-state index contributed by atoms with van der Waals surface area (Å²) in [6.45, 7) is 17.8. The van der Waals surface area contributed by atoms with Crippen molar-refractivity contribution in [3.8, 4) is 23.0 Å². The van der Waals surface area contributed by atoms with Crippen LogP contribution in [0.2, 0.25) is 0 Å². The third-order valence-corrected chi connectivity index (χ3v) is 19.1. The van der Waals surface area contributed by atoms with E-state index in [9.17, 15) is 19.2 Å². The SMILES string of the molecule is CCc1cccc2cc(OCOC)cc(-c3ncc4c(N5CC6CCC(C5)N6C(=O)OC(C)(C)C)nc(OCC5(CN6CC7(CCC(CN8CCN(c9ccc%10c(c9)CN([C@H]9CCC(=O)NC9=O)C%10=O)CC8)CC7)C6)CC5)nc4c3F)c12. The Hall–Kier alpha value is -6.70. The number of likely N-dealkylation sites (tertiary alicyclic amines) is 1. The number of ether oxygens (including phenoxy) is 4. The van der Waals surface area contributed by atoms with Gasteiger partial charge in [-0.05, 0) is 149 Å². The van der Waals surface area contributed by atoms with Crippen LogP contribution in [-0.4, -0.2) is 168 Å². The van der Waals surface area contributed by atoms with Crippen LogP contribution in [0.25, 0.3) is 32.9 Å². The fraction of sp³-hybridized carbons (Fsp3) is 0.571. The second-order valence-corrected chi connectivity index (χ2v) is 26.0. The van der Waals surface area contributed by atoms with Crippen molar-refractivity contribution in [2.75, 3.05) is 95.8 Å². The molecular weight excluding hydrogens is 1040 g/mol. The average molecular weight is 1120 g/mol. The normalized spacial score (nSPS) is 23.6. The van der Waals surface area contributed by atoms with Crippen LogP contribution in [0, 0.1) is 22.6 Å². The van der Waals surface area contributed by atoms with Gasteiger partial charge in [-0.1, -0.05) is 25.1 Å². The van der Waals surface area contributed by atoms with E-state index in [2.05, 4.69) is 44.0 Å². The van der Waals surface area contributed by atoms with Crippen molar-refractivity contribution in [2.24, 2.45) is 16.7 Å². The van der Waals surface area contributed by atoms with Crippen LogP contribution >= 0.6 is 0 Å². The number of amides is 4. The predicted molar refractivity (Wildman–Crippen MR) is 308 cm³/mol. The second-order valence-electron chi connectivity index (χ2n) is 26.0. The minimum absolute atomic E-state index is 0.0228. The van der Waals surface area contributed by atoms with Crippen LogP contribution in [0.4, 0.5) is 20.7 Å². The van der Waals surface area contributed by atoms with Crippen LogP contribution in [0.15, 0.2) is 54.7 Å². The minimum Gasteiger partial charge on any atom is -0.468 e.